The van der Waals surface area contributed by atoms with Crippen LogP contribution in [0.4, 0.5) is 0 Å². The third-order valence-corrected chi connectivity index (χ3v) is 9.36. The van der Waals surface area contributed by atoms with Gasteiger partial charge in [-0.25, -0.2) is 0 Å². The number of carbonyl (C=O) groups is 1. The van der Waals surface area contributed by atoms with Gasteiger partial charge in [0.25, 0.3) is 5.91 Å². The zero-order chi connectivity index (χ0) is 17.3. The Hall–Kier alpha value is -1.79. The van der Waals surface area contributed by atoms with Gasteiger partial charge in [0.1, 0.15) is 8.07 Å². The van der Waals surface area contributed by atoms with Crippen LogP contribution in [0, 0.1) is 18.4 Å². The van der Waals surface area contributed by atoms with Crippen LogP contribution in [0.5, 0.6) is 0 Å². The monoisotopic (exact) mass is 327 g/mol. The lowest BCUT2D eigenvalue weighted by Gasteiger charge is -2.21. The van der Waals surface area contributed by atoms with E-state index in [4.69, 9.17) is 0 Å². The first kappa shape index (κ1) is 19.3. The molecule has 1 aromatic rings. The van der Waals surface area contributed by atoms with Crippen molar-refractivity contribution in [3.8, 4) is 11.5 Å². The molecular formula is C20H29NOSi. The number of amides is 1. The summed E-state index contributed by atoms with van der Waals surface area (Å²) < 4.78 is 0. The molecule has 0 aromatic heterocycles. The molecule has 1 amide bonds. The Balaban J connectivity index is 2.89. The van der Waals surface area contributed by atoms with Crippen molar-refractivity contribution in [3.05, 3.63) is 48.0 Å². The van der Waals surface area contributed by atoms with Gasteiger partial charge in [0, 0.05) is 12.1 Å². The van der Waals surface area contributed by atoms with Gasteiger partial charge >= 0.3 is 0 Å². The molecule has 0 aliphatic carbocycles. The first-order valence-corrected chi connectivity index (χ1v) is 11.1. The summed E-state index contributed by atoms with van der Waals surface area (Å²) in [7, 11) is -1.45. The van der Waals surface area contributed by atoms with Crippen molar-refractivity contribution in [2.45, 2.75) is 45.8 Å². The van der Waals surface area contributed by atoms with Gasteiger partial charge in [0.2, 0.25) is 0 Å². The number of aryl methyl sites for hydroxylation is 1. The van der Waals surface area contributed by atoms with Gasteiger partial charge in [-0.05, 0) is 37.2 Å². The van der Waals surface area contributed by atoms with Crippen LogP contribution in [0.15, 0.2) is 36.9 Å². The van der Waals surface area contributed by atoms with Gasteiger partial charge in [-0.3, -0.25) is 4.79 Å². The third kappa shape index (κ3) is 5.40. The molecule has 0 saturated carbocycles. The molecule has 0 bridgehead atoms. The lowest BCUT2D eigenvalue weighted by Crippen LogP contribution is -2.33. The molecule has 0 heterocycles. The van der Waals surface area contributed by atoms with Crippen molar-refractivity contribution in [3.63, 3.8) is 0 Å². The second-order valence-corrected chi connectivity index (χ2v) is 10.9. The summed E-state index contributed by atoms with van der Waals surface area (Å²) in [4.78, 5) is 14.4. The largest absolute Gasteiger partial charge is 0.324 e. The summed E-state index contributed by atoms with van der Waals surface area (Å²) in [6.07, 6.45) is 1.76. The molecule has 23 heavy (non-hydrogen) atoms. The van der Waals surface area contributed by atoms with E-state index in [1.54, 1.807) is 11.0 Å². The molecule has 0 fully saturated rings. The quantitative estimate of drug-likeness (QED) is 0.405. The number of nitrogens with zero attached hydrogens (tertiary/aromatic N) is 1. The minimum Gasteiger partial charge on any atom is -0.324 e. The Morgan fingerprint density at radius 3 is 2.22 bits per heavy atom. The maximum atomic E-state index is 12.6. The molecule has 1 aromatic carbocycles. The Bertz CT molecular complexity index is 568. The SMILES string of the molecule is C=CCN(CC#C[Si](CC)(CC)CC)C(=O)c1ccc(C)cc1. The summed E-state index contributed by atoms with van der Waals surface area (Å²) >= 11 is 0. The first-order chi connectivity index (χ1) is 11.0. The second kappa shape index (κ2) is 9.37. The number of hydrogen-bond acceptors (Lipinski definition) is 1. The van der Waals surface area contributed by atoms with Crippen molar-refractivity contribution in [2.24, 2.45) is 0 Å². The van der Waals surface area contributed by atoms with Crippen LogP contribution in [0.3, 0.4) is 0 Å². The molecule has 0 saturated heterocycles. The summed E-state index contributed by atoms with van der Waals surface area (Å²) in [5.74, 6) is 3.32. The van der Waals surface area contributed by atoms with Gasteiger partial charge in [-0.2, -0.15) is 0 Å². The molecule has 0 radical (unpaired) electrons. The maximum absolute atomic E-state index is 12.6. The van der Waals surface area contributed by atoms with Crippen molar-refractivity contribution in [1.82, 2.24) is 4.90 Å². The highest BCUT2D eigenvalue weighted by Gasteiger charge is 2.24. The van der Waals surface area contributed by atoms with Gasteiger partial charge in [-0.15, -0.1) is 12.1 Å². The standard InChI is InChI=1S/C20H29NOSi/c1-6-15-21(16-10-17-23(7-2,8-3)9-4)20(22)19-13-11-18(5)12-14-19/h6,11-14H,1,7-9,15-16H2,2-5H3. The van der Waals surface area contributed by atoms with E-state index in [1.807, 2.05) is 31.2 Å². The Kier molecular flexibility index (Phi) is 7.84. The van der Waals surface area contributed by atoms with E-state index >= 15 is 0 Å². The second-order valence-electron chi connectivity index (χ2n) is 5.98. The fourth-order valence-corrected chi connectivity index (χ4v) is 5.08. The fraction of sp³-hybridized carbons (Fsp3) is 0.450. The van der Waals surface area contributed by atoms with Crippen LogP contribution in [0.1, 0.15) is 36.7 Å². The van der Waals surface area contributed by atoms with Crippen LogP contribution in [-0.2, 0) is 0 Å². The number of hydrogen-bond donors (Lipinski definition) is 0. The van der Waals surface area contributed by atoms with Crippen molar-refractivity contribution in [1.29, 1.82) is 0 Å². The number of rotatable bonds is 7. The molecule has 0 aliphatic rings. The van der Waals surface area contributed by atoms with E-state index in [9.17, 15) is 4.79 Å². The highest BCUT2D eigenvalue weighted by atomic mass is 28.3. The van der Waals surface area contributed by atoms with E-state index in [0.29, 0.717) is 18.7 Å². The highest BCUT2D eigenvalue weighted by Crippen LogP contribution is 2.18. The Labute approximate surface area is 142 Å². The Morgan fingerprint density at radius 1 is 1.17 bits per heavy atom. The normalized spacial score (nSPS) is 10.6. The molecule has 0 aliphatic heterocycles. The molecule has 124 valence electrons. The molecule has 3 heteroatoms. The molecule has 1 rings (SSSR count). The molecule has 0 N–H and O–H groups in total. The summed E-state index contributed by atoms with van der Waals surface area (Å²) in [5, 5.41) is 0. The van der Waals surface area contributed by atoms with Gasteiger partial charge in [0.05, 0.1) is 6.54 Å². The summed E-state index contributed by atoms with van der Waals surface area (Å²) in [5.41, 5.74) is 5.41. The lowest BCUT2D eigenvalue weighted by atomic mass is 10.1. The van der Waals surface area contributed by atoms with Gasteiger partial charge < -0.3 is 4.90 Å². The predicted octanol–water partition coefficient (Wildman–Crippen LogP) is 4.67. The van der Waals surface area contributed by atoms with Crippen LogP contribution in [-0.4, -0.2) is 32.0 Å². The van der Waals surface area contributed by atoms with Gasteiger partial charge in [0.15, 0.2) is 0 Å². The average molecular weight is 328 g/mol. The zero-order valence-corrected chi connectivity index (χ0v) is 16.0. The molecule has 0 spiro atoms. The minimum atomic E-state index is -1.45. The Morgan fingerprint density at radius 2 is 1.74 bits per heavy atom. The van der Waals surface area contributed by atoms with E-state index in [2.05, 4.69) is 38.8 Å². The van der Waals surface area contributed by atoms with Crippen LogP contribution in [0.25, 0.3) is 0 Å². The first-order valence-electron chi connectivity index (χ1n) is 8.48. The van der Waals surface area contributed by atoms with E-state index in [-0.39, 0.29) is 5.91 Å². The molecule has 0 unspecified atom stereocenters. The fourth-order valence-electron chi connectivity index (χ4n) is 2.59. The van der Waals surface area contributed by atoms with Gasteiger partial charge in [-0.1, -0.05) is 50.5 Å². The topological polar surface area (TPSA) is 20.3 Å². The summed E-state index contributed by atoms with van der Waals surface area (Å²) in [6.45, 7) is 13.5. The molecular weight excluding hydrogens is 298 g/mol. The van der Waals surface area contributed by atoms with Crippen molar-refractivity contribution >= 4 is 14.0 Å². The van der Waals surface area contributed by atoms with E-state index < -0.39 is 8.07 Å². The third-order valence-electron chi connectivity index (χ3n) is 4.59. The van der Waals surface area contributed by atoms with Crippen LogP contribution < -0.4 is 0 Å². The maximum Gasteiger partial charge on any atom is 0.254 e. The summed E-state index contributed by atoms with van der Waals surface area (Å²) in [6, 6.07) is 11.2. The smallest absolute Gasteiger partial charge is 0.254 e. The molecule has 0 atom stereocenters. The van der Waals surface area contributed by atoms with Crippen LogP contribution >= 0.6 is 0 Å². The zero-order valence-electron chi connectivity index (χ0n) is 15.0. The number of benzene rings is 1. The van der Waals surface area contributed by atoms with E-state index in [0.717, 1.165) is 5.56 Å². The average Bonchev–Trinajstić information content (AvgIpc) is 2.58. The number of carbonyl (C=O) groups excluding carboxylic acids is 1. The van der Waals surface area contributed by atoms with Crippen molar-refractivity contribution in [2.75, 3.05) is 13.1 Å². The molecule has 2 nitrogen and oxygen atoms in total. The van der Waals surface area contributed by atoms with Crippen LogP contribution in [0.2, 0.25) is 18.1 Å². The van der Waals surface area contributed by atoms with E-state index in [1.165, 1.54) is 18.1 Å². The minimum absolute atomic E-state index is 0.0240. The predicted molar refractivity (Wildman–Crippen MR) is 102 cm³/mol. The highest BCUT2D eigenvalue weighted by molar-refractivity contribution is 6.87. The van der Waals surface area contributed by atoms with Crippen molar-refractivity contribution < 1.29 is 4.79 Å². The lowest BCUT2D eigenvalue weighted by molar-refractivity contribution is 0.0793.